The summed E-state index contributed by atoms with van der Waals surface area (Å²) >= 11 is 14.4. The number of likely N-dealkylation sites (tertiary alicyclic amines) is 1. The molecule has 3 aromatic carbocycles. The summed E-state index contributed by atoms with van der Waals surface area (Å²) in [7, 11) is 0. The zero-order valence-electron chi connectivity index (χ0n) is 26.8. The zero-order valence-corrected chi connectivity index (χ0v) is 28.3. The molecule has 2 aliphatic carbocycles. The van der Waals surface area contributed by atoms with Gasteiger partial charge < -0.3 is 10.2 Å². The van der Waals surface area contributed by atoms with Gasteiger partial charge in [-0.3, -0.25) is 28.9 Å². The van der Waals surface area contributed by atoms with Gasteiger partial charge in [0.2, 0.25) is 17.6 Å². The lowest BCUT2D eigenvalue weighted by molar-refractivity contribution is -0.141. The second-order valence-electron chi connectivity index (χ2n) is 13.4. The van der Waals surface area contributed by atoms with E-state index in [4.69, 9.17) is 28.3 Å². The number of amides is 4. The highest BCUT2D eigenvalue weighted by Gasteiger charge is 2.77. The Labute approximate surface area is 301 Å². The van der Waals surface area contributed by atoms with Crippen molar-refractivity contribution in [3.63, 3.8) is 0 Å². The van der Waals surface area contributed by atoms with E-state index in [9.17, 15) is 42.3 Å². The molecule has 0 unspecified atom stereocenters. The molecular weight excluding hydrogens is 738 g/mol. The van der Waals surface area contributed by atoms with Crippen molar-refractivity contribution in [2.75, 3.05) is 11.4 Å². The van der Waals surface area contributed by atoms with Gasteiger partial charge in [-0.25, -0.2) is 26.9 Å². The molecule has 7 rings (SSSR count). The third-order valence-corrected chi connectivity index (χ3v) is 12.2. The maximum Gasteiger partial charge on any atom is 0.303 e. The van der Waals surface area contributed by atoms with Crippen molar-refractivity contribution in [3.8, 4) is 5.75 Å². The van der Waals surface area contributed by atoms with Crippen LogP contribution in [0, 0.1) is 46.8 Å². The molecule has 2 heterocycles. The first kappa shape index (κ1) is 35.8. The number of alkyl halides is 2. The number of benzene rings is 3. The molecule has 4 amide bonds. The van der Waals surface area contributed by atoms with Gasteiger partial charge in [0, 0.05) is 24.4 Å². The number of halogens is 7. The number of carboxylic acid groups (broad SMARTS) is 1. The van der Waals surface area contributed by atoms with Gasteiger partial charge in [0.15, 0.2) is 33.0 Å². The summed E-state index contributed by atoms with van der Waals surface area (Å²) in [6.07, 6.45) is 1.74. The zero-order chi connectivity index (χ0) is 37.6. The standard InChI is InChI=1S/C36H27Cl2F5N2O7/c37-35-14-19-17(10-11-18-22(19)32(50)44(31(18)49)13-5-1-2-8-21(47)48)24(23-16-7-4-3-6-15(16)9-12-20(23)46)36(35,38)34(52)45(33(35)51)30-28(42)26(40)25(39)27(41)29(30)43/h3-4,6-7,9-10,12,18-19,22,24,46H,1-2,5,8,11,13-14H2,(H,47,48)/t18-,19+,22-,24+,35+,36-/m0/s1. The molecule has 16 heteroatoms. The first-order valence-corrected chi connectivity index (χ1v) is 17.1. The summed E-state index contributed by atoms with van der Waals surface area (Å²) in [6.45, 7) is -0.0310. The number of hydrogen-bond acceptors (Lipinski definition) is 6. The number of fused-ring (bicyclic) bond motifs is 5. The number of carbonyl (C=O) groups is 5. The second-order valence-corrected chi connectivity index (χ2v) is 14.7. The Bertz CT molecular complexity index is 2140. The predicted molar refractivity (Wildman–Crippen MR) is 175 cm³/mol. The molecule has 1 saturated carbocycles. The highest BCUT2D eigenvalue weighted by atomic mass is 35.5. The van der Waals surface area contributed by atoms with Crippen LogP contribution in [-0.4, -0.2) is 61.0 Å². The third-order valence-electron chi connectivity index (χ3n) is 10.8. The van der Waals surface area contributed by atoms with Gasteiger partial charge in [-0.05, 0) is 48.4 Å². The summed E-state index contributed by atoms with van der Waals surface area (Å²) in [5.41, 5.74) is -1.73. The van der Waals surface area contributed by atoms with Crippen molar-refractivity contribution in [2.24, 2.45) is 17.8 Å². The van der Waals surface area contributed by atoms with Gasteiger partial charge in [0.05, 0.1) is 11.8 Å². The maximum absolute atomic E-state index is 15.3. The predicted octanol–water partition coefficient (Wildman–Crippen LogP) is 6.45. The van der Waals surface area contributed by atoms with E-state index in [1.807, 2.05) is 0 Å². The number of phenols is 1. The van der Waals surface area contributed by atoms with Gasteiger partial charge in [-0.1, -0.05) is 48.4 Å². The Morgan fingerprint density at radius 3 is 2.15 bits per heavy atom. The van der Waals surface area contributed by atoms with Crippen LogP contribution in [-0.2, 0) is 24.0 Å². The monoisotopic (exact) mass is 764 g/mol. The van der Waals surface area contributed by atoms with Crippen LogP contribution in [0.3, 0.4) is 0 Å². The largest absolute Gasteiger partial charge is 0.508 e. The maximum atomic E-state index is 15.3. The molecule has 3 fully saturated rings. The van der Waals surface area contributed by atoms with Crippen LogP contribution in [0.2, 0.25) is 0 Å². The molecule has 0 aromatic heterocycles. The van der Waals surface area contributed by atoms with Crippen LogP contribution in [0.15, 0.2) is 48.0 Å². The number of hydrogen-bond donors (Lipinski definition) is 2. The Kier molecular flexibility index (Phi) is 8.64. The number of aromatic hydroxyl groups is 1. The lowest BCUT2D eigenvalue weighted by Crippen LogP contribution is -2.60. The number of unbranched alkanes of at least 4 members (excludes halogenated alkanes) is 2. The molecule has 6 atom stereocenters. The first-order chi connectivity index (χ1) is 24.6. The van der Waals surface area contributed by atoms with Crippen LogP contribution in [0.4, 0.5) is 27.6 Å². The van der Waals surface area contributed by atoms with Gasteiger partial charge in [-0.15, -0.1) is 23.2 Å². The van der Waals surface area contributed by atoms with Gasteiger partial charge >= 0.3 is 5.97 Å². The van der Waals surface area contributed by atoms with Crippen molar-refractivity contribution < 1.29 is 56.1 Å². The first-order valence-electron chi connectivity index (χ1n) is 16.3. The van der Waals surface area contributed by atoms with E-state index in [-0.39, 0.29) is 35.4 Å². The molecule has 3 aromatic rings. The number of phenolic OH excluding ortho intramolecular Hbond substituents is 1. The van der Waals surface area contributed by atoms with Crippen LogP contribution >= 0.6 is 23.2 Å². The van der Waals surface area contributed by atoms with E-state index in [0.29, 0.717) is 30.0 Å². The van der Waals surface area contributed by atoms with Crippen LogP contribution in [0.25, 0.3) is 10.8 Å². The smallest absolute Gasteiger partial charge is 0.303 e. The lowest BCUT2D eigenvalue weighted by atomic mass is 9.56. The van der Waals surface area contributed by atoms with Gasteiger partial charge in [-0.2, -0.15) is 0 Å². The highest BCUT2D eigenvalue weighted by Crippen LogP contribution is 2.67. The summed E-state index contributed by atoms with van der Waals surface area (Å²) in [6, 6.07) is 9.33. The average Bonchev–Trinajstić information content (AvgIpc) is 3.44. The van der Waals surface area contributed by atoms with Crippen molar-refractivity contribution >= 4 is 69.3 Å². The van der Waals surface area contributed by atoms with E-state index in [0.717, 1.165) is 4.90 Å². The average molecular weight is 766 g/mol. The lowest BCUT2D eigenvalue weighted by Gasteiger charge is -2.51. The summed E-state index contributed by atoms with van der Waals surface area (Å²) in [4.78, 5) is 62.8. The Morgan fingerprint density at radius 1 is 0.827 bits per heavy atom. The van der Waals surface area contributed by atoms with Crippen LogP contribution in [0.1, 0.15) is 50.0 Å². The topological polar surface area (TPSA) is 132 Å². The molecule has 272 valence electrons. The highest BCUT2D eigenvalue weighted by molar-refractivity contribution is 6.58. The minimum atomic E-state index is -2.78. The van der Waals surface area contributed by atoms with Crippen molar-refractivity contribution in [1.82, 2.24) is 4.90 Å². The minimum Gasteiger partial charge on any atom is -0.508 e. The molecule has 2 aliphatic heterocycles. The van der Waals surface area contributed by atoms with Crippen LogP contribution < -0.4 is 4.90 Å². The Morgan fingerprint density at radius 2 is 1.48 bits per heavy atom. The second kappa shape index (κ2) is 12.5. The molecule has 0 spiro atoms. The van der Waals surface area contributed by atoms with Gasteiger partial charge in [0.1, 0.15) is 11.4 Å². The molecule has 2 N–H and O–H groups in total. The normalized spacial score (nSPS) is 28.3. The summed E-state index contributed by atoms with van der Waals surface area (Å²) < 4.78 is 73.7. The number of carbonyl (C=O) groups excluding carboxylic acids is 4. The number of imide groups is 2. The minimum absolute atomic E-state index is 0.0310. The molecule has 4 aliphatic rings. The third kappa shape index (κ3) is 4.82. The quantitative estimate of drug-likeness (QED) is 0.0513. The fourth-order valence-electron chi connectivity index (χ4n) is 8.48. The summed E-state index contributed by atoms with van der Waals surface area (Å²) in [5, 5.41) is 21.2. The number of carboxylic acids is 1. The Hall–Kier alpha value is -4.56. The summed E-state index contributed by atoms with van der Waals surface area (Å²) in [5.74, 6) is -23.1. The van der Waals surface area contributed by atoms with Crippen LogP contribution in [0.5, 0.6) is 5.75 Å². The number of nitrogens with zero attached hydrogens (tertiary/aromatic N) is 2. The molecule has 0 radical (unpaired) electrons. The van der Waals surface area contributed by atoms with E-state index in [1.165, 1.54) is 6.07 Å². The fraction of sp³-hybridized carbons (Fsp3) is 0.361. The number of rotatable bonds is 8. The number of aliphatic carboxylic acids is 1. The van der Waals surface area contributed by atoms with Gasteiger partial charge in [0.25, 0.3) is 11.8 Å². The Balaban J connectivity index is 1.40. The van der Waals surface area contributed by atoms with Crippen molar-refractivity contribution in [3.05, 3.63) is 82.7 Å². The number of anilines is 1. The van der Waals surface area contributed by atoms with E-state index in [2.05, 4.69) is 0 Å². The van der Waals surface area contributed by atoms with E-state index >= 15 is 8.78 Å². The van der Waals surface area contributed by atoms with E-state index < -0.39 is 110 Å². The molecule has 52 heavy (non-hydrogen) atoms. The van der Waals surface area contributed by atoms with Crippen molar-refractivity contribution in [2.45, 2.75) is 54.2 Å². The SMILES string of the molecule is O=C(O)CCCCCN1C(=O)[C@H]2[C@H](CC=C3[C@H]2C[C@@]2(Cl)C(=O)N(c4c(F)c(F)c(F)c(F)c4F)C(=O)[C@@]2(Cl)[C@H]3c2c(O)ccc3ccccc23)C1=O. The number of allylic oxidation sites excluding steroid dienone is 2. The molecular formula is C36H27Cl2F5N2O7. The van der Waals surface area contributed by atoms with Crippen molar-refractivity contribution in [1.29, 1.82) is 0 Å². The van der Waals surface area contributed by atoms with E-state index in [1.54, 1.807) is 36.4 Å². The fourth-order valence-corrected chi connectivity index (χ4v) is 9.40. The molecule has 0 bridgehead atoms. The molecule has 9 nitrogen and oxygen atoms in total. The molecule has 2 saturated heterocycles.